The van der Waals surface area contributed by atoms with Crippen molar-refractivity contribution in [3.8, 4) is 0 Å². The van der Waals surface area contributed by atoms with Crippen LogP contribution in [0, 0.1) is 6.92 Å². The van der Waals surface area contributed by atoms with Crippen LogP contribution in [0.15, 0.2) is 6.20 Å². The molecule has 2 aromatic rings. The number of rotatable bonds is 1. The lowest BCUT2D eigenvalue weighted by Crippen LogP contribution is -1.89. The smallest absolute Gasteiger partial charge is 0.161 e. The van der Waals surface area contributed by atoms with Crippen molar-refractivity contribution < 1.29 is 0 Å². The largest absolute Gasteiger partial charge is 0.371 e. The van der Waals surface area contributed by atoms with E-state index in [0.717, 1.165) is 22.7 Å². The van der Waals surface area contributed by atoms with Crippen LogP contribution in [0.5, 0.6) is 0 Å². The molecule has 0 aliphatic rings. The Balaban J connectivity index is 2.73. The molecule has 0 amide bonds. The number of hydrogen-bond acceptors (Lipinski definition) is 4. The van der Waals surface area contributed by atoms with Crippen LogP contribution in [-0.4, -0.2) is 27.2 Å². The fourth-order valence-corrected chi connectivity index (χ4v) is 1.09. The van der Waals surface area contributed by atoms with Gasteiger partial charge in [0.15, 0.2) is 11.5 Å². The maximum Gasteiger partial charge on any atom is 0.161 e. The summed E-state index contributed by atoms with van der Waals surface area (Å²) in [5.41, 5.74) is 0.770. The zero-order valence-corrected chi connectivity index (χ0v) is 6.92. The van der Waals surface area contributed by atoms with Gasteiger partial charge in [-0.2, -0.15) is 5.10 Å². The quantitative estimate of drug-likeness (QED) is 0.649. The first-order valence-electron chi connectivity index (χ1n) is 3.66. The van der Waals surface area contributed by atoms with Crippen LogP contribution in [0.4, 0.5) is 5.82 Å². The molecule has 0 radical (unpaired) electrons. The van der Waals surface area contributed by atoms with Gasteiger partial charge in [0.1, 0.15) is 5.82 Å². The van der Waals surface area contributed by atoms with Crippen LogP contribution >= 0.6 is 0 Å². The second-order valence-corrected chi connectivity index (χ2v) is 2.50. The molecule has 0 unspecified atom stereocenters. The standard InChI is InChI=1S/C7H9N5/c1-4-9-3-5-6(8-2)11-12-7(5)10-4/h3H,1-2H3,(H2,8,9,10,11,12). The van der Waals surface area contributed by atoms with E-state index in [1.165, 1.54) is 0 Å². The highest BCUT2D eigenvalue weighted by Crippen LogP contribution is 2.16. The topological polar surface area (TPSA) is 66.5 Å². The second kappa shape index (κ2) is 2.44. The first-order chi connectivity index (χ1) is 5.81. The van der Waals surface area contributed by atoms with E-state index < -0.39 is 0 Å². The van der Waals surface area contributed by atoms with E-state index in [0.29, 0.717) is 0 Å². The molecule has 0 fully saturated rings. The third kappa shape index (κ3) is 0.903. The molecule has 12 heavy (non-hydrogen) atoms. The van der Waals surface area contributed by atoms with Crippen molar-refractivity contribution in [3.63, 3.8) is 0 Å². The number of aryl methyl sites for hydroxylation is 1. The molecule has 2 aromatic heterocycles. The van der Waals surface area contributed by atoms with Gasteiger partial charge < -0.3 is 5.32 Å². The van der Waals surface area contributed by atoms with Crippen molar-refractivity contribution in [2.75, 3.05) is 12.4 Å². The molecule has 0 atom stereocenters. The van der Waals surface area contributed by atoms with Crippen LogP contribution in [0.3, 0.4) is 0 Å². The third-order valence-electron chi connectivity index (χ3n) is 1.67. The maximum atomic E-state index is 4.18. The minimum Gasteiger partial charge on any atom is -0.371 e. The lowest BCUT2D eigenvalue weighted by atomic mass is 10.4. The Kier molecular flexibility index (Phi) is 1.43. The number of nitrogens with one attached hydrogen (secondary N) is 2. The van der Waals surface area contributed by atoms with Gasteiger partial charge in [-0.15, -0.1) is 0 Å². The summed E-state index contributed by atoms with van der Waals surface area (Å²) >= 11 is 0. The Hall–Kier alpha value is -1.65. The highest BCUT2D eigenvalue weighted by Gasteiger charge is 2.04. The molecule has 0 aromatic carbocycles. The van der Waals surface area contributed by atoms with E-state index in [9.17, 15) is 0 Å². The predicted octanol–water partition coefficient (Wildman–Crippen LogP) is 0.703. The van der Waals surface area contributed by atoms with E-state index in [1.54, 1.807) is 6.20 Å². The van der Waals surface area contributed by atoms with E-state index >= 15 is 0 Å². The van der Waals surface area contributed by atoms with Gasteiger partial charge in [0.05, 0.1) is 5.39 Å². The van der Waals surface area contributed by atoms with Gasteiger partial charge in [0.25, 0.3) is 0 Å². The van der Waals surface area contributed by atoms with Crippen molar-refractivity contribution >= 4 is 16.9 Å². The fraction of sp³-hybridized carbons (Fsp3) is 0.286. The minimum absolute atomic E-state index is 0.744. The number of hydrogen-bond donors (Lipinski definition) is 2. The predicted molar refractivity (Wildman–Crippen MR) is 46.0 cm³/mol. The van der Waals surface area contributed by atoms with Crippen LogP contribution < -0.4 is 5.32 Å². The lowest BCUT2D eigenvalue weighted by molar-refractivity contribution is 1.05. The minimum atomic E-state index is 0.744. The normalized spacial score (nSPS) is 10.5. The molecule has 2 heterocycles. The molecular formula is C7H9N5. The first kappa shape index (κ1) is 7.02. The first-order valence-corrected chi connectivity index (χ1v) is 3.66. The summed E-state index contributed by atoms with van der Waals surface area (Å²) in [7, 11) is 1.81. The van der Waals surface area contributed by atoms with Crippen molar-refractivity contribution in [1.29, 1.82) is 0 Å². The Morgan fingerprint density at radius 2 is 2.33 bits per heavy atom. The van der Waals surface area contributed by atoms with Crippen LogP contribution in [0.25, 0.3) is 11.0 Å². The summed E-state index contributed by atoms with van der Waals surface area (Å²) in [5.74, 6) is 1.53. The van der Waals surface area contributed by atoms with Crippen molar-refractivity contribution in [1.82, 2.24) is 20.2 Å². The zero-order chi connectivity index (χ0) is 8.55. The van der Waals surface area contributed by atoms with Gasteiger partial charge >= 0.3 is 0 Å². The molecule has 0 aliphatic heterocycles. The number of aromatic nitrogens is 4. The molecule has 62 valence electrons. The fourth-order valence-electron chi connectivity index (χ4n) is 1.09. The van der Waals surface area contributed by atoms with Gasteiger partial charge in [-0.25, -0.2) is 9.97 Å². The average molecular weight is 163 g/mol. The van der Waals surface area contributed by atoms with Crippen LogP contribution in [0.1, 0.15) is 5.82 Å². The van der Waals surface area contributed by atoms with E-state index in [1.807, 2.05) is 14.0 Å². The molecule has 0 bridgehead atoms. The molecule has 0 saturated carbocycles. The maximum absolute atomic E-state index is 4.18. The number of aromatic amines is 1. The van der Waals surface area contributed by atoms with Gasteiger partial charge in [0.2, 0.25) is 0 Å². The Labute approximate surface area is 69.2 Å². The summed E-state index contributed by atoms with van der Waals surface area (Å²) in [4.78, 5) is 8.25. The summed E-state index contributed by atoms with van der Waals surface area (Å²) in [6.07, 6.45) is 1.76. The highest BCUT2D eigenvalue weighted by atomic mass is 15.2. The molecule has 0 saturated heterocycles. The molecule has 5 nitrogen and oxygen atoms in total. The molecular weight excluding hydrogens is 154 g/mol. The number of H-pyrrole nitrogens is 1. The molecule has 2 rings (SSSR count). The zero-order valence-electron chi connectivity index (χ0n) is 6.92. The molecule has 0 spiro atoms. The summed E-state index contributed by atoms with van der Waals surface area (Å²) in [5, 5.41) is 10.7. The Bertz CT molecular complexity index is 405. The Morgan fingerprint density at radius 3 is 3.08 bits per heavy atom. The lowest BCUT2D eigenvalue weighted by Gasteiger charge is -1.92. The van der Waals surface area contributed by atoms with Gasteiger partial charge in [-0.05, 0) is 6.92 Å². The summed E-state index contributed by atoms with van der Waals surface area (Å²) in [6.45, 7) is 1.85. The van der Waals surface area contributed by atoms with Gasteiger partial charge in [0, 0.05) is 13.2 Å². The van der Waals surface area contributed by atoms with Crippen molar-refractivity contribution in [3.05, 3.63) is 12.0 Å². The van der Waals surface area contributed by atoms with Gasteiger partial charge in [-0.1, -0.05) is 0 Å². The second-order valence-electron chi connectivity index (χ2n) is 2.50. The average Bonchev–Trinajstić information content (AvgIpc) is 2.46. The highest BCUT2D eigenvalue weighted by molar-refractivity contribution is 5.85. The third-order valence-corrected chi connectivity index (χ3v) is 1.67. The Morgan fingerprint density at radius 1 is 1.50 bits per heavy atom. The summed E-state index contributed by atoms with van der Waals surface area (Å²) in [6, 6.07) is 0. The van der Waals surface area contributed by atoms with Crippen molar-refractivity contribution in [2.24, 2.45) is 0 Å². The molecule has 5 heteroatoms. The van der Waals surface area contributed by atoms with Crippen LogP contribution in [0.2, 0.25) is 0 Å². The summed E-state index contributed by atoms with van der Waals surface area (Å²) < 4.78 is 0. The van der Waals surface area contributed by atoms with Crippen molar-refractivity contribution in [2.45, 2.75) is 6.92 Å². The SMILES string of the molecule is CNc1n[nH]c2nc(C)ncc12. The van der Waals surface area contributed by atoms with E-state index in [-0.39, 0.29) is 0 Å². The number of fused-ring (bicyclic) bond motifs is 1. The van der Waals surface area contributed by atoms with E-state index in [2.05, 4.69) is 25.5 Å². The van der Waals surface area contributed by atoms with Gasteiger partial charge in [-0.3, -0.25) is 5.10 Å². The molecule has 0 aliphatic carbocycles. The number of anilines is 1. The molecule has 2 N–H and O–H groups in total. The number of nitrogens with zero attached hydrogens (tertiary/aromatic N) is 3. The van der Waals surface area contributed by atoms with E-state index in [4.69, 9.17) is 0 Å². The monoisotopic (exact) mass is 163 g/mol. The van der Waals surface area contributed by atoms with Crippen LogP contribution in [-0.2, 0) is 0 Å².